The van der Waals surface area contributed by atoms with Crippen molar-refractivity contribution in [3.8, 4) is 5.75 Å². The number of nitrogens with one attached hydrogen (secondary N) is 2. The third-order valence-corrected chi connectivity index (χ3v) is 3.15. The first-order valence-electron chi connectivity index (χ1n) is 6.67. The number of para-hydroxylation sites is 1. The van der Waals surface area contributed by atoms with Crippen LogP contribution in [0.3, 0.4) is 0 Å². The van der Waals surface area contributed by atoms with E-state index in [4.69, 9.17) is 4.74 Å². The standard InChI is InChI=1S/C14H14N4O4/c19-9(7-22-10-4-2-1-3-5-10)6-18-12-11(15-8-16-12)13(20)17-14(18)21/h1-5,8-9,19H,6-7H2,(H,15,16)(H,17,20,21). The van der Waals surface area contributed by atoms with Gasteiger partial charge in [-0.25, -0.2) is 9.78 Å². The molecule has 0 spiro atoms. The first-order valence-corrected chi connectivity index (χ1v) is 6.67. The Morgan fingerprint density at radius 2 is 2.05 bits per heavy atom. The van der Waals surface area contributed by atoms with Crippen LogP contribution in [0.2, 0.25) is 0 Å². The Bertz CT molecular complexity index is 881. The number of benzene rings is 1. The highest BCUT2D eigenvalue weighted by Crippen LogP contribution is 2.09. The van der Waals surface area contributed by atoms with Gasteiger partial charge in [-0.05, 0) is 12.1 Å². The zero-order valence-corrected chi connectivity index (χ0v) is 11.5. The molecule has 22 heavy (non-hydrogen) atoms. The smallest absolute Gasteiger partial charge is 0.330 e. The zero-order chi connectivity index (χ0) is 15.5. The summed E-state index contributed by atoms with van der Waals surface area (Å²) in [4.78, 5) is 32.2. The molecule has 0 saturated heterocycles. The molecule has 3 rings (SSSR count). The molecule has 0 saturated carbocycles. The minimum absolute atomic E-state index is 0.0154. The van der Waals surface area contributed by atoms with Crippen LogP contribution in [0.25, 0.3) is 11.2 Å². The van der Waals surface area contributed by atoms with Gasteiger partial charge in [0.25, 0.3) is 5.56 Å². The van der Waals surface area contributed by atoms with Gasteiger partial charge in [0.05, 0.1) is 12.9 Å². The number of aliphatic hydroxyl groups is 1. The van der Waals surface area contributed by atoms with E-state index in [1.165, 1.54) is 10.9 Å². The van der Waals surface area contributed by atoms with Gasteiger partial charge in [-0.1, -0.05) is 18.2 Å². The summed E-state index contributed by atoms with van der Waals surface area (Å²) in [5.74, 6) is 0.625. The van der Waals surface area contributed by atoms with Crippen molar-refractivity contribution in [1.29, 1.82) is 0 Å². The molecule has 0 radical (unpaired) electrons. The summed E-state index contributed by atoms with van der Waals surface area (Å²) in [6.45, 7) is -0.0225. The molecule has 3 aromatic rings. The molecule has 8 heteroatoms. The van der Waals surface area contributed by atoms with E-state index in [0.29, 0.717) is 5.75 Å². The summed E-state index contributed by atoms with van der Waals surface area (Å²) in [5.41, 5.74) is -0.768. The average Bonchev–Trinajstić information content (AvgIpc) is 3.00. The van der Waals surface area contributed by atoms with Crippen LogP contribution < -0.4 is 16.0 Å². The van der Waals surface area contributed by atoms with Crippen molar-refractivity contribution < 1.29 is 9.84 Å². The van der Waals surface area contributed by atoms with E-state index in [1.54, 1.807) is 12.1 Å². The van der Waals surface area contributed by atoms with Crippen molar-refractivity contribution in [1.82, 2.24) is 19.5 Å². The molecule has 1 unspecified atom stereocenters. The Kier molecular flexibility index (Phi) is 3.75. The number of hydrogen-bond donors (Lipinski definition) is 3. The van der Waals surface area contributed by atoms with Gasteiger partial charge < -0.3 is 14.8 Å². The number of fused-ring (bicyclic) bond motifs is 1. The predicted molar refractivity (Wildman–Crippen MR) is 78.9 cm³/mol. The van der Waals surface area contributed by atoms with Gasteiger partial charge in [0.1, 0.15) is 24.0 Å². The molecule has 1 atom stereocenters. The SMILES string of the molecule is O=c1[nH]c(=O)n(CC(O)COc2ccccc2)c2nc[nH]c12. The van der Waals surface area contributed by atoms with Gasteiger partial charge in [0.15, 0.2) is 5.65 Å². The maximum absolute atomic E-state index is 11.9. The molecule has 0 aliphatic heterocycles. The molecule has 114 valence electrons. The van der Waals surface area contributed by atoms with E-state index in [1.807, 2.05) is 18.2 Å². The van der Waals surface area contributed by atoms with Gasteiger partial charge in [-0.2, -0.15) is 0 Å². The van der Waals surface area contributed by atoms with Gasteiger partial charge in [-0.3, -0.25) is 14.3 Å². The molecule has 0 amide bonds. The molecule has 0 aliphatic carbocycles. The van der Waals surface area contributed by atoms with E-state index in [0.717, 1.165) is 0 Å². The second-order valence-electron chi connectivity index (χ2n) is 4.75. The van der Waals surface area contributed by atoms with Crippen LogP contribution in [0.5, 0.6) is 5.75 Å². The van der Waals surface area contributed by atoms with Gasteiger partial charge in [0, 0.05) is 0 Å². The summed E-state index contributed by atoms with van der Waals surface area (Å²) in [7, 11) is 0. The Balaban J connectivity index is 1.77. The third kappa shape index (κ3) is 2.77. The fraction of sp³-hybridized carbons (Fsp3) is 0.214. The molecule has 3 N–H and O–H groups in total. The van der Waals surface area contributed by atoms with E-state index in [-0.39, 0.29) is 24.3 Å². The normalized spacial score (nSPS) is 12.4. The van der Waals surface area contributed by atoms with Crippen molar-refractivity contribution in [2.24, 2.45) is 0 Å². The van der Waals surface area contributed by atoms with E-state index >= 15 is 0 Å². The minimum atomic E-state index is -0.927. The molecule has 0 bridgehead atoms. The van der Waals surface area contributed by atoms with Gasteiger partial charge in [-0.15, -0.1) is 0 Å². The maximum Gasteiger partial charge on any atom is 0.330 e. The summed E-state index contributed by atoms with van der Waals surface area (Å²) < 4.78 is 6.63. The molecule has 2 aromatic heterocycles. The second-order valence-corrected chi connectivity index (χ2v) is 4.75. The van der Waals surface area contributed by atoms with Crippen LogP contribution in [-0.4, -0.2) is 37.3 Å². The highest BCUT2D eigenvalue weighted by atomic mass is 16.5. The van der Waals surface area contributed by atoms with Crippen LogP contribution in [-0.2, 0) is 6.54 Å². The highest BCUT2D eigenvalue weighted by molar-refractivity contribution is 5.68. The fourth-order valence-electron chi connectivity index (χ4n) is 2.12. The zero-order valence-electron chi connectivity index (χ0n) is 11.5. The Hall–Kier alpha value is -2.87. The van der Waals surface area contributed by atoms with Crippen molar-refractivity contribution in [2.75, 3.05) is 6.61 Å². The minimum Gasteiger partial charge on any atom is -0.491 e. The molecular weight excluding hydrogens is 288 g/mol. The van der Waals surface area contributed by atoms with Gasteiger partial charge >= 0.3 is 5.69 Å². The number of rotatable bonds is 5. The number of aromatic nitrogens is 4. The van der Waals surface area contributed by atoms with Crippen LogP contribution >= 0.6 is 0 Å². The summed E-state index contributed by atoms with van der Waals surface area (Å²) in [5, 5.41) is 10.0. The topological polar surface area (TPSA) is 113 Å². The quantitative estimate of drug-likeness (QED) is 0.607. The molecule has 0 fully saturated rings. The van der Waals surface area contributed by atoms with E-state index in [9.17, 15) is 14.7 Å². The monoisotopic (exact) mass is 302 g/mol. The largest absolute Gasteiger partial charge is 0.491 e. The molecule has 2 heterocycles. The van der Waals surface area contributed by atoms with Crippen LogP contribution in [0.4, 0.5) is 0 Å². The number of H-pyrrole nitrogens is 2. The number of hydrogen-bond acceptors (Lipinski definition) is 5. The lowest BCUT2D eigenvalue weighted by Crippen LogP contribution is -2.35. The summed E-state index contributed by atoms with van der Waals surface area (Å²) in [6.07, 6.45) is 0.395. The first kappa shape index (κ1) is 14.1. The van der Waals surface area contributed by atoms with Crippen molar-refractivity contribution in [2.45, 2.75) is 12.6 Å². The maximum atomic E-state index is 11.9. The molecule has 8 nitrogen and oxygen atoms in total. The Morgan fingerprint density at radius 3 is 2.82 bits per heavy atom. The fourth-order valence-corrected chi connectivity index (χ4v) is 2.12. The number of ether oxygens (including phenoxy) is 1. The predicted octanol–water partition coefficient (Wildman–Crippen LogP) is -0.147. The summed E-state index contributed by atoms with van der Waals surface area (Å²) in [6, 6.07) is 9.04. The summed E-state index contributed by atoms with van der Waals surface area (Å²) >= 11 is 0. The van der Waals surface area contributed by atoms with Crippen LogP contribution in [0.1, 0.15) is 0 Å². The van der Waals surface area contributed by atoms with Crippen molar-refractivity contribution in [3.05, 3.63) is 57.5 Å². The van der Waals surface area contributed by atoms with E-state index in [2.05, 4.69) is 15.0 Å². The average molecular weight is 302 g/mol. The lowest BCUT2D eigenvalue weighted by molar-refractivity contribution is 0.0922. The highest BCUT2D eigenvalue weighted by Gasteiger charge is 2.14. The number of aromatic amines is 2. The van der Waals surface area contributed by atoms with Crippen LogP contribution in [0.15, 0.2) is 46.2 Å². The molecular formula is C14H14N4O4. The van der Waals surface area contributed by atoms with E-state index < -0.39 is 17.4 Å². The molecule has 0 aliphatic rings. The molecule has 1 aromatic carbocycles. The lowest BCUT2D eigenvalue weighted by Gasteiger charge is -2.13. The number of aliphatic hydroxyl groups excluding tert-OH is 1. The van der Waals surface area contributed by atoms with Crippen molar-refractivity contribution >= 4 is 11.2 Å². The Morgan fingerprint density at radius 1 is 1.27 bits per heavy atom. The second kappa shape index (κ2) is 5.86. The number of imidazole rings is 1. The number of nitrogens with zero attached hydrogens (tertiary/aromatic N) is 2. The Labute approximate surface area is 124 Å². The third-order valence-electron chi connectivity index (χ3n) is 3.15. The van der Waals surface area contributed by atoms with Crippen LogP contribution in [0, 0.1) is 0 Å². The first-order chi connectivity index (χ1) is 10.6. The van der Waals surface area contributed by atoms with Crippen molar-refractivity contribution in [3.63, 3.8) is 0 Å². The lowest BCUT2D eigenvalue weighted by atomic mass is 10.3. The van der Waals surface area contributed by atoms with Gasteiger partial charge in [0.2, 0.25) is 0 Å².